The summed E-state index contributed by atoms with van der Waals surface area (Å²) in [7, 11) is 0. The molecule has 0 aromatic rings. The number of allylic oxidation sites excluding steroid dienone is 2. The van der Waals surface area contributed by atoms with Crippen LogP contribution >= 0.6 is 0 Å². The first-order valence-electron chi connectivity index (χ1n) is 5.76. The van der Waals surface area contributed by atoms with E-state index in [9.17, 15) is 0 Å². The molecule has 0 aromatic heterocycles. The average molecular weight is 208 g/mol. The minimum Gasteiger partial charge on any atom is -0.379 e. The van der Waals surface area contributed by atoms with Gasteiger partial charge in [0.25, 0.3) is 0 Å². The van der Waals surface area contributed by atoms with Crippen LogP contribution in [0.4, 0.5) is 0 Å². The summed E-state index contributed by atoms with van der Waals surface area (Å²) in [5.74, 6) is 0. The quantitative estimate of drug-likeness (QED) is 0.752. The summed E-state index contributed by atoms with van der Waals surface area (Å²) in [6.45, 7) is 6.02. The van der Waals surface area contributed by atoms with Gasteiger partial charge in [0, 0.05) is 25.2 Å². The second-order valence-electron chi connectivity index (χ2n) is 4.28. The molecule has 3 heteroatoms. The van der Waals surface area contributed by atoms with Gasteiger partial charge >= 0.3 is 0 Å². The molecule has 2 heterocycles. The summed E-state index contributed by atoms with van der Waals surface area (Å²) in [5.41, 5.74) is 0. The van der Waals surface area contributed by atoms with Gasteiger partial charge in [-0.2, -0.15) is 0 Å². The summed E-state index contributed by atoms with van der Waals surface area (Å²) in [6.07, 6.45) is 9.73. The molecule has 0 bridgehead atoms. The van der Waals surface area contributed by atoms with Gasteiger partial charge < -0.3 is 15.0 Å². The molecule has 2 aliphatic rings. The van der Waals surface area contributed by atoms with Crippen LogP contribution in [0.25, 0.3) is 0 Å². The van der Waals surface area contributed by atoms with Crippen molar-refractivity contribution in [3.63, 3.8) is 0 Å². The molecule has 1 saturated heterocycles. The van der Waals surface area contributed by atoms with Crippen molar-refractivity contribution in [2.24, 2.45) is 0 Å². The Labute approximate surface area is 91.8 Å². The Bertz CT molecular complexity index is 244. The van der Waals surface area contributed by atoms with Gasteiger partial charge in [0.1, 0.15) is 0 Å². The number of ether oxygens (including phenoxy) is 1. The van der Waals surface area contributed by atoms with E-state index >= 15 is 0 Å². The van der Waals surface area contributed by atoms with Gasteiger partial charge in [0.15, 0.2) is 0 Å². The highest BCUT2D eigenvalue weighted by Crippen LogP contribution is 2.11. The zero-order valence-corrected chi connectivity index (χ0v) is 9.36. The van der Waals surface area contributed by atoms with Gasteiger partial charge in [0.05, 0.1) is 13.2 Å². The minimum atomic E-state index is 0.521. The van der Waals surface area contributed by atoms with Crippen LogP contribution in [0.5, 0.6) is 0 Å². The Morgan fingerprint density at radius 1 is 1.53 bits per heavy atom. The third-order valence-electron chi connectivity index (χ3n) is 3.03. The van der Waals surface area contributed by atoms with E-state index in [2.05, 4.69) is 41.6 Å². The Morgan fingerprint density at radius 2 is 2.47 bits per heavy atom. The van der Waals surface area contributed by atoms with Crippen LogP contribution in [0.1, 0.15) is 13.3 Å². The van der Waals surface area contributed by atoms with E-state index in [-0.39, 0.29) is 0 Å². The lowest BCUT2D eigenvalue weighted by atomic mass is 10.1. The van der Waals surface area contributed by atoms with Crippen LogP contribution in [0.15, 0.2) is 24.4 Å². The van der Waals surface area contributed by atoms with Gasteiger partial charge in [-0.15, -0.1) is 0 Å². The maximum absolute atomic E-state index is 5.46. The van der Waals surface area contributed by atoms with Crippen LogP contribution in [0, 0.1) is 0 Å². The normalized spacial score (nSPS) is 28.1. The molecule has 3 nitrogen and oxygen atoms in total. The standard InChI is InChI=1S/C12H20N2O/c1-11(14-6-3-2-4-7-14)9-12-10-15-8-5-13-12/h2-4,6,11-13H,5,7-10H2,1H3. The van der Waals surface area contributed by atoms with E-state index in [1.54, 1.807) is 0 Å². The minimum absolute atomic E-state index is 0.521. The number of rotatable bonds is 3. The van der Waals surface area contributed by atoms with Crippen molar-refractivity contribution in [1.29, 1.82) is 0 Å². The molecule has 2 atom stereocenters. The highest BCUT2D eigenvalue weighted by atomic mass is 16.5. The average Bonchev–Trinajstić information content (AvgIpc) is 2.31. The molecular formula is C12H20N2O. The van der Waals surface area contributed by atoms with E-state index in [1.165, 1.54) is 0 Å². The molecule has 0 radical (unpaired) electrons. The van der Waals surface area contributed by atoms with Crippen molar-refractivity contribution in [3.8, 4) is 0 Å². The lowest BCUT2D eigenvalue weighted by molar-refractivity contribution is 0.0666. The largest absolute Gasteiger partial charge is 0.379 e. The monoisotopic (exact) mass is 208 g/mol. The van der Waals surface area contributed by atoms with Crippen LogP contribution in [-0.4, -0.2) is 43.3 Å². The van der Waals surface area contributed by atoms with Crippen LogP contribution < -0.4 is 5.32 Å². The fraction of sp³-hybridized carbons (Fsp3) is 0.667. The predicted octanol–water partition coefficient (Wildman–Crippen LogP) is 1.14. The van der Waals surface area contributed by atoms with Gasteiger partial charge in [-0.1, -0.05) is 12.2 Å². The van der Waals surface area contributed by atoms with Crippen LogP contribution in [0.2, 0.25) is 0 Å². The second-order valence-corrected chi connectivity index (χ2v) is 4.28. The van der Waals surface area contributed by atoms with Crippen molar-refractivity contribution in [2.75, 3.05) is 26.3 Å². The van der Waals surface area contributed by atoms with E-state index in [0.29, 0.717) is 12.1 Å². The predicted molar refractivity (Wildman–Crippen MR) is 61.7 cm³/mol. The first-order chi connectivity index (χ1) is 7.36. The molecule has 84 valence electrons. The first kappa shape index (κ1) is 10.7. The lowest BCUT2D eigenvalue weighted by Gasteiger charge is -2.32. The number of hydrogen-bond donors (Lipinski definition) is 1. The molecule has 0 aromatic carbocycles. The van der Waals surface area contributed by atoms with Crippen molar-refractivity contribution in [1.82, 2.24) is 10.2 Å². The van der Waals surface area contributed by atoms with Crippen molar-refractivity contribution in [3.05, 3.63) is 24.4 Å². The Hall–Kier alpha value is -0.800. The topological polar surface area (TPSA) is 24.5 Å². The molecule has 15 heavy (non-hydrogen) atoms. The first-order valence-corrected chi connectivity index (χ1v) is 5.76. The zero-order chi connectivity index (χ0) is 10.5. The number of nitrogens with zero attached hydrogens (tertiary/aromatic N) is 1. The highest BCUT2D eigenvalue weighted by Gasteiger charge is 2.18. The fourth-order valence-corrected chi connectivity index (χ4v) is 2.13. The Morgan fingerprint density at radius 3 is 3.13 bits per heavy atom. The maximum Gasteiger partial charge on any atom is 0.0621 e. The summed E-state index contributed by atoms with van der Waals surface area (Å²) >= 11 is 0. The van der Waals surface area contributed by atoms with Gasteiger partial charge in [-0.3, -0.25) is 0 Å². The molecule has 0 aliphatic carbocycles. The smallest absolute Gasteiger partial charge is 0.0621 e. The molecule has 2 aliphatic heterocycles. The molecule has 2 unspecified atom stereocenters. The zero-order valence-electron chi connectivity index (χ0n) is 9.36. The highest BCUT2D eigenvalue weighted by molar-refractivity contribution is 5.09. The molecule has 1 fully saturated rings. The molecule has 0 amide bonds. The van der Waals surface area contributed by atoms with Crippen LogP contribution in [0.3, 0.4) is 0 Å². The second kappa shape index (κ2) is 5.33. The van der Waals surface area contributed by atoms with E-state index in [1.807, 2.05) is 0 Å². The molecule has 0 saturated carbocycles. The third kappa shape index (κ3) is 3.08. The number of hydrogen-bond acceptors (Lipinski definition) is 3. The van der Waals surface area contributed by atoms with E-state index < -0.39 is 0 Å². The Kier molecular flexibility index (Phi) is 3.80. The van der Waals surface area contributed by atoms with Crippen molar-refractivity contribution < 1.29 is 4.74 Å². The van der Waals surface area contributed by atoms with Gasteiger partial charge in [0.2, 0.25) is 0 Å². The molecular weight excluding hydrogens is 188 g/mol. The summed E-state index contributed by atoms with van der Waals surface area (Å²) in [6, 6.07) is 1.10. The third-order valence-corrected chi connectivity index (χ3v) is 3.03. The Balaban J connectivity index is 1.77. The van der Waals surface area contributed by atoms with Crippen LogP contribution in [-0.2, 0) is 4.74 Å². The van der Waals surface area contributed by atoms with Crippen molar-refractivity contribution in [2.45, 2.75) is 25.4 Å². The summed E-state index contributed by atoms with van der Waals surface area (Å²) < 4.78 is 5.46. The summed E-state index contributed by atoms with van der Waals surface area (Å²) in [4.78, 5) is 2.37. The molecule has 2 rings (SSSR count). The van der Waals surface area contributed by atoms with Gasteiger partial charge in [-0.25, -0.2) is 0 Å². The maximum atomic E-state index is 5.46. The van der Waals surface area contributed by atoms with E-state index in [4.69, 9.17) is 4.74 Å². The fourth-order valence-electron chi connectivity index (χ4n) is 2.13. The molecule has 0 spiro atoms. The van der Waals surface area contributed by atoms with Gasteiger partial charge in [-0.05, 0) is 25.6 Å². The lowest BCUT2D eigenvalue weighted by Crippen LogP contribution is -2.45. The molecule has 1 N–H and O–H groups in total. The SMILES string of the molecule is CC(CC1COCCN1)N1C=CC=CC1. The number of morpholine rings is 1. The summed E-state index contributed by atoms with van der Waals surface area (Å²) in [5, 5.41) is 3.50. The number of nitrogens with one attached hydrogen (secondary N) is 1. The van der Waals surface area contributed by atoms with E-state index in [0.717, 1.165) is 32.7 Å². The van der Waals surface area contributed by atoms with Crippen molar-refractivity contribution >= 4 is 0 Å².